The fourth-order valence-corrected chi connectivity index (χ4v) is 1.44. The molecular formula is C12H16ClNO2. The minimum Gasteiger partial charge on any atom is -0.481 e. The van der Waals surface area contributed by atoms with Crippen molar-refractivity contribution in [2.24, 2.45) is 5.92 Å². The maximum atomic E-state index is 10.6. The van der Waals surface area contributed by atoms with E-state index in [0.29, 0.717) is 13.0 Å². The summed E-state index contributed by atoms with van der Waals surface area (Å²) in [7, 11) is 0. The molecule has 0 radical (unpaired) electrons. The highest BCUT2D eigenvalue weighted by atomic mass is 35.5. The molecule has 0 aliphatic heterocycles. The lowest BCUT2D eigenvalue weighted by Gasteiger charge is -2.09. The van der Waals surface area contributed by atoms with Crippen LogP contribution in [0.5, 0.6) is 0 Å². The van der Waals surface area contributed by atoms with E-state index in [1.165, 1.54) is 0 Å². The number of aryl methyl sites for hydroxylation is 1. The van der Waals surface area contributed by atoms with E-state index in [-0.39, 0.29) is 5.92 Å². The molecule has 1 atom stereocenters. The lowest BCUT2D eigenvalue weighted by Crippen LogP contribution is -2.14. The zero-order valence-corrected chi connectivity index (χ0v) is 10.2. The summed E-state index contributed by atoms with van der Waals surface area (Å²) in [6.07, 6.45) is 0.598. The summed E-state index contributed by atoms with van der Waals surface area (Å²) >= 11 is 5.97. The first kappa shape index (κ1) is 12.8. The summed E-state index contributed by atoms with van der Waals surface area (Å²) in [6.45, 7) is 4.28. The smallest absolute Gasteiger partial charge is 0.306 e. The maximum Gasteiger partial charge on any atom is 0.306 e. The van der Waals surface area contributed by atoms with Crippen LogP contribution in [-0.4, -0.2) is 17.6 Å². The van der Waals surface area contributed by atoms with Gasteiger partial charge in [0, 0.05) is 17.3 Å². The average molecular weight is 242 g/mol. The first-order valence-corrected chi connectivity index (χ1v) is 5.61. The zero-order valence-electron chi connectivity index (χ0n) is 9.46. The Morgan fingerprint density at radius 1 is 1.56 bits per heavy atom. The average Bonchev–Trinajstić information content (AvgIpc) is 2.23. The lowest BCUT2D eigenvalue weighted by molar-refractivity contribution is -0.141. The first-order chi connectivity index (χ1) is 7.50. The van der Waals surface area contributed by atoms with Crippen LogP contribution >= 0.6 is 11.6 Å². The molecule has 88 valence electrons. The highest BCUT2D eigenvalue weighted by Crippen LogP contribution is 2.20. The molecule has 0 aliphatic carbocycles. The standard InChI is InChI=1S/C12H16ClNO2/c1-8-3-4-10(7-11(8)13)14-6-5-9(2)12(15)16/h3-4,7,9,14H,5-6H2,1-2H3,(H,15,16). The van der Waals surface area contributed by atoms with Crippen molar-refractivity contribution in [3.8, 4) is 0 Å². The third-order valence-corrected chi connectivity index (χ3v) is 2.91. The molecule has 0 spiro atoms. The summed E-state index contributed by atoms with van der Waals surface area (Å²) in [5.41, 5.74) is 1.96. The fraction of sp³-hybridized carbons (Fsp3) is 0.417. The van der Waals surface area contributed by atoms with Crippen LogP contribution in [0, 0.1) is 12.8 Å². The molecule has 16 heavy (non-hydrogen) atoms. The topological polar surface area (TPSA) is 49.3 Å². The van der Waals surface area contributed by atoms with Gasteiger partial charge in [-0.1, -0.05) is 24.6 Å². The van der Waals surface area contributed by atoms with Gasteiger partial charge in [-0.25, -0.2) is 0 Å². The maximum absolute atomic E-state index is 10.6. The predicted molar refractivity (Wildman–Crippen MR) is 66.1 cm³/mol. The number of carboxylic acids is 1. The van der Waals surface area contributed by atoms with Crippen molar-refractivity contribution in [1.29, 1.82) is 0 Å². The lowest BCUT2D eigenvalue weighted by atomic mass is 10.1. The van der Waals surface area contributed by atoms with Crippen LogP contribution in [0.1, 0.15) is 18.9 Å². The van der Waals surface area contributed by atoms with E-state index in [4.69, 9.17) is 16.7 Å². The number of hydrogen-bond acceptors (Lipinski definition) is 2. The third kappa shape index (κ3) is 3.74. The Hall–Kier alpha value is -1.22. The zero-order chi connectivity index (χ0) is 12.1. The Labute approximate surface area is 100 Å². The highest BCUT2D eigenvalue weighted by Gasteiger charge is 2.09. The summed E-state index contributed by atoms with van der Waals surface area (Å²) in [4.78, 5) is 10.6. The molecule has 0 amide bonds. The van der Waals surface area contributed by atoms with E-state index in [9.17, 15) is 4.79 Å². The van der Waals surface area contributed by atoms with Crippen molar-refractivity contribution >= 4 is 23.3 Å². The van der Waals surface area contributed by atoms with Crippen LogP contribution in [0.3, 0.4) is 0 Å². The van der Waals surface area contributed by atoms with Crippen LogP contribution in [0.25, 0.3) is 0 Å². The monoisotopic (exact) mass is 241 g/mol. The van der Waals surface area contributed by atoms with E-state index in [1.54, 1.807) is 6.92 Å². The summed E-state index contributed by atoms with van der Waals surface area (Å²) in [5.74, 6) is -1.09. The van der Waals surface area contributed by atoms with Gasteiger partial charge in [0.2, 0.25) is 0 Å². The van der Waals surface area contributed by atoms with Gasteiger partial charge in [0.25, 0.3) is 0 Å². The van der Waals surface area contributed by atoms with Crippen LogP contribution in [-0.2, 0) is 4.79 Å². The second kappa shape index (κ2) is 5.75. The number of rotatable bonds is 5. The summed E-state index contributed by atoms with van der Waals surface area (Å²) in [6, 6.07) is 5.72. The minimum absolute atomic E-state index is 0.326. The number of hydrogen-bond donors (Lipinski definition) is 2. The molecule has 0 aromatic heterocycles. The molecular weight excluding hydrogens is 226 g/mol. The Kier molecular flexibility index (Phi) is 4.62. The summed E-state index contributed by atoms with van der Waals surface area (Å²) in [5, 5.41) is 12.6. The minimum atomic E-state index is -0.760. The van der Waals surface area contributed by atoms with Crippen molar-refractivity contribution in [1.82, 2.24) is 0 Å². The van der Waals surface area contributed by atoms with Crippen LogP contribution in [0.15, 0.2) is 18.2 Å². The largest absolute Gasteiger partial charge is 0.481 e. The molecule has 0 saturated carbocycles. The van der Waals surface area contributed by atoms with Crippen LogP contribution < -0.4 is 5.32 Å². The fourth-order valence-electron chi connectivity index (χ4n) is 1.26. The second-order valence-corrected chi connectivity index (χ2v) is 4.33. The molecule has 1 aromatic carbocycles. The van der Waals surface area contributed by atoms with Gasteiger partial charge in [0.15, 0.2) is 0 Å². The molecule has 1 aromatic rings. The Bertz CT molecular complexity index is 379. The predicted octanol–water partition coefficient (Wildman–Crippen LogP) is 3.17. The molecule has 4 heteroatoms. The molecule has 1 unspecified atom stereocenters. The van der Waals surface area contributed by atoms with E-state index < -0.39 is 5.97 Å². The Balaban J connectivity index is 2.43. The molecule has 3 nitrogen and oxygen atoms in total. The van der Waals surface area contributed by atoms with E-state index in [2.05, 4.69) is 5.32 Å². The third-order valence-electron chi connectivity index (χ3n) is 2.50. The molecule has 0 heterocycles. The van der Waals surface area contributed by atoms with Gasteiger partial charge >= 0.3 is 5.97 Å². The number of benzene rings is 1. The Morgan fingerprint density at radius 2 is 2.25 bits per heavy atom. The van der Waals surface area contributed by atoms with Gasteiger partial charge in [-0.3, -0.25) is 4.79 Å². The number of aliphatic carboxylic acids is 1. The molecule has 0 bridgehead atoms. The highest BCUT2D eigenvalue weighted by molar-refractivity contribution is 6.31. The van der Waals surface area contributed by atoms with E-state index in [1.807, 2.05) is 25.1 Å². The first-order valence-electron chi connectivity index (χ1n) is 5.23. The van der Waals surface area contributed by atoms with Gasteiger partial charge in [0.1, 0.15) is 0 Å². The van der Waals surface area contributed by atoms with E-state index in [0.717, 1.165) is 16.3 Å². The SMILES string of the molecule is Cc1ccc(NCCC(C)C(=O)O)cc1Cl. The van der Waals surface area contributed by atoms with Crippen molar-refractivity contribution in [2.75, 3.05) is 11.9 Å². The van der Waals surface area contributed by atoms with Gasteiger partial charge in [-0.2, -0.15) is 0 Å². The quantitative estimate of drug-likeness (QED) is 0.833. The number of carbonyl (C=O) groups is 1. The van der Waals surface area contributed by atoms with Gasteiger partial charge in [-0.15, -0.1) is 0 Å². The molecule has 2 N–H and O–H groups in total. The number of halogens is 1. The van der Waals surface area contributed by atoms with Gasteiger partial charge < -0.3 is 10.4 Å². The molecule has 1 rings (SSSR count). The van der Waals surface area contributed by atoms with Crippen molar-refractivity contribution in [3.05, 3.63) is 28.8 Å². The number of nitrogens with one attached hydrogen (secondary N) is 1. The second-order valence-electron chi connectivity index (χ2n) is 3.92. The van der Waals surface area contributed by atoms with Crippen molar-refractivity contribution in [3.63, 3.8) is 0 Å². The molecule has 0 aliphatic rings. The molecule has 0 saturated heterocycles. The molecule has 0 fully saturated rings. The van der Waals surface area contributed by atoms with Crippen molar-refractivity contribution < 1.29 is 9.90 Å². The normalized spacial score (nSPS) is 12.2. The van der Waals surface area contributed by atoms with Crippen LogP contribution in [0.2, 0.25) is 5.02 Å². The van der Waals surface area contributed by atoms with Gasteiger partial charge in [-0.05, 0) is 31.0 Å². The summed E-state index contributed by atoms with van der Waals surface area (Å²) < 4.78 is 0. The van der Waals surface area contributed by atoms with E-state index >= 15 is 0 Å². The number of carboxylic acid groups (broad SMARTS) is 1. The Morgan fingerprint density at radius 3 is 2.81 bits per heavy atom. The van der Waals surface area contributed by atoms with Crippen molar-refractivity contribution in [2.45, 2.75) is 20.3 Å². The van der Waals surface area contributed by atoms with Crippen LogP contribution in [0.4, 0.5) is 5.69 Å². The number of anilines is 1. The van der Waals surface area contributed by atoms with Gasteiger partial charge in [0.05, 0.1) is 5.92 Å².